The Morgan fingerprint density at radius 1 is 1.39 bits per heavy atom. The van der Waals surface area contributed by atoms with Crippen LogP contribution in [0.4, 0.5) is 18.0 Å². The fraction of sp³-hybridized carbons (Fsp3) is 0.0833. The molecule has 1 aromatic carbocycles. The van der Waals surface area contributed by atoms with Gasteiger partial charge >= 0.3 is 12.3 Å². The molecular formula is C12H6ClF3N4O3. The van der Waals surface area contributed by atoms with Gasteiger partial charge in [-0.05, 0) is 12.1 Å². The van der Waals surface area contributed by atoms with Gasteiger partial charge in [-0.1, -0.05) is 11.6 Å². The van der Waals surface area contributed by atoms with E-state index >= 15 is 0 Å². The lowest BCUT2D eigenvalue weighted by molar-refractivity contribution is -0.137. The van der Waals surface area contributed by atoms with E-state index in [1.807, 2.05) is 0 Å². The minimum absolute atomic E-state index is 0.0569. The average Bonchev–Trinajstić information content (AvgIpc) is 3.03. The van der Waals surface area contributed by atoms with Crippen molar-refractivity contribution >= 4 is 28.8 Å². The zero-order valence-corrected chi connectivity index (χ0v) is 11.7. The second-order valence-electron chi connectivity index (χ2n) is 4.40. The van der Waals surface area contributed by atoms with E-state index in [-0.39, 0.29) is 27.8 Å². The van der Waals surface area contributed by atoms with Crippen molar-refractivity contribution in [3.63, 3.8) is 0 Å². The largest absolute Gasteiger partial charge is 0.511 e. The van der Waals surface area contributed by atoms with E-state index in [9.17, 15) is 18.0 Å². The highest BCUT2D eigenvalue weighted by Gasteiger charge is 2.31. The monoisotopic (exact) mass is 346 g/mol. The van der Waals surface area contributed by atoms with Crippen LogP contribution >= 0.6 is 11.6 Å². The van der Waals surface area contributed by atoms with Crippen molar-refractivity contribution in [3.05, 3.63) is 35.1 Å². The van der Waals surface area contributed by atoms with Crippen LogP contribution in [0.1, 0.15) is 5.56 Å². The maximum absolute atomic E-state index is 12.8. The number of benzene rings is 1. The van der Waals surface area contributed by atoms with E-state index in [0.29, 0.717) is 0 Å². The Balaban J connectivity index is 2.04. The molecule has 0 saturated carbocycles. The number of fused-ring (bicyclic) bond motifs is 1. The Bertz CT molecular complexity index is 903. The van der Waals surface area contributed by atoms with Crippen LogP contribution < -0.4 is 4.74 Å². The zero-order valence-electron chi connectivity index (χ0n) is 10.9. The zero-order chi connectivity index (χ0) is 16.8. The number of carbonyl (C=O) groups is 1. The van der Waals surface area contributed by atoms with Crippen LogP contribution in [0.5, 0.6) is 5.75 Å². The number of imidazole rings is 1. The number of aromatic amines is 1. The second-order valence-corrected chi connectivity index (χ2v) is 4.81. The highest BCUT2D eigenvalue weighted by molar-refractivity contribution is 6.35. The molecule has 2 N–H and O–H groups in total. The molecule has 0 saturated heterocycles. The fourth-order valence-corrected chi connectivity index (χ4v) is 2.17. The molecule has 0 spiro atoms. The van der Waals surface area contributed by atoms with Crippen molar-refractivity contribution in [2.45, 2.75) is 6.18 Å². The van der Waals surface area contributed by atoms with Gasteiger partial charge in [-0.25, -0.2) is 14.5 Å². The van der Waals surface area contributed by atoms with Crippen LogP contribution in [0.2, 0.25) is 5.02 Å². The van der Waals surface area contributed by atoms with E-state index in [1.165, 1.54) is 6.20 Å². The molecule has 0 radical (unpaired) electrons. The van der Waals surface area contributed by atoms with E-state index in [2.05, 4.69) is 19.8 Å². The Morgan fingerprint density at radius 3 is 2.78 bits per heavy atom. The van der Waals surface area contributed by atoms with Crippen LogP contribution in [0, 0.1) is 0 Å². The van der Waals surface area contributed by atoms with Gasteiger partial charge in [0.15, 0.2) is 5.75 Å². The third-order valence-electron chi connectivity index (χ3n) is 2.84. The molecule has 3 aromatic rings. The lowest BCUT2D eigenvalue weighted by Gasteiger charge is -2.06. The molecule has 3 rings (SSSR count). The molecule has 0 fully saturated rings. The van der Waals surface area contributed by atoms with Crippen LogP contribution in [-0.2, 0) is 6.18 Å². The van der Waals surface area contributed by atoms with Crippen molar-refractivity contribution in [1.82, 2.24) is 19.7 Å². The molecule has 0 aliphatic rings. The summed E-state index contributed by atoms with van der Waals surface area (Å²) in [6.45, 7) is 0. The first-order chi connectivity index (χ1) is 10.7. The lowest BCUT2D eigenvalue weighted by Crippen LogP contribution is -2.04. The minimum Gasteiger partial charge on any atom is -0.449 e. The number of halogens is 4. The van der Waals surface area contributed by atoms with Crippen molar-refractivity contribution < 1.29 is 27.8 Å². The van der Waals surface area contributed by atoms with E-state index < -0.39 is 17.9 Å². The van der Waals surface area contributed by atoms with Crippen LogP contribution in [-0.4, -0.2) is 31.0 Å². The van der Waals surface area contributed by atoms with Gasteiger partial charge in [0.1, 0.15) is 5.52 Å². The molecule has 120 valence electrons. The summed E-state index contributed by atoms with van der Waals surface area (Å²) >= 11 is 5.83. The topological polar surface area (TPSA) is 93.0 Å². The van der Waals surface area contributed by atoms with Gasteiger partial charge in [0.25, 0.3) is 0 Å². The second kappa shape index (κ2) is 5.16. The summed E-state index contributed by atoms with van der Waals surface area (Å²) in [5, 5.41) is 12.1. The lowest BCUT2D eigenvalue weighted by atomic mass is 10.2. The normalized spacial score (nSPS) is 11.8. The first-order valence-electron chi connectivity index (χ1n) is 5.96. The van der Waals surface area contributed by atoms with Gasteiger partial charge in [-0.2, -0.15) is 18.3 Å². The predicted octanol–water partition coefficient (Wildman–Crippen LogP) is 3.48. The standard InChI is InChI=1S/C12H6ClF3N4O3/c13-7-1-5(12(14,15)16)2-8-9(7)19-10(18-8)20-4-6(3-17-20)23-11(21)22/h1-4H,(H,18,19)(H,21,22). The number of carboxylic acid groups (broad SMARTS) is 1. The number of H-pyrrole nitrogens is 1. The SMILES string of the molecule is O=C(O)Oc1cnn(-c2nc3c(Cl)cc(C(F)(F)F)cc3[nH]2)c1. The fourth-order valence-electron chi connectivity index (χ4n) is 1.91. The number of nitrogens with one attached hydrogen (secondary N) is 1. The quantitative estimate of drug-likeness (QED) is 0.693. The molecule has 0 bridgehead atoms. The third-order valence-corrected chi connectivity index (χ3v) is 3.12. The van der Waals surface area contributed by atoms with E-state index in [1.54, 1.807) is 0 Å². The van der Waals surface area contributed by atoms with Crippen molar-refractivity contribution in [1.29, 1.82) is 0 Å². The van der Waals surface area contributed by atoms with Crippen LogP contribution in [0.3, 0.4) is 0 Å². The predicted molar refractivity (Wildman–Crippen MR) is 71.9 cm³/mol. The minimum atomic E-state index is -4.54. The van der Waals surface area contributed by atoms with Crippen molar-refractivity contribution in [3.8, 4) is 11.7 Å². The number of hydrogen-bond acceptors (Lipinski definition) is 4. The van der Waals surface area contributed by atoms with Crippen LogP contribution in [0.15, 0.2) is 24.5 Å². The Kier molecular flexibility index (Phi) is 3.40. The summed E-state index contributed by atoms with van der Waals surface area (Å²) in [6, 6.07) is 1.65. The summed E-state index contributed by atoms with van der Waals surface area (Å²) in [7, 11) is 0. The number of aromatic nitrogens is 4. The number of alkyl halides is 3. The number of nitrogens with zero attached hydrogens (tertiary/aromatic N) is 3. The number of rotatable bonds is 2. The Morgan fingerprint density at radius 2 is 2.13 bits per heavy atom. The molecule has 2 aromatic heterocycles. The smallest absolute Gasteiger partial charge is 0.449 e. The summed E-state index contributed by atoms with van der Waals surface area (Å²) in [4.78, 5) is 17.1. The first-order valence-corrected chi connectivity index (χ1v) is 6.34. The highest BCUT2D eigenvalue weighted by atomic mass is 35.5. The van der Waals surface area contributed by atoms with Gasteiger partial charge in [0.2, 0.25) is 5.95 Å². The molecule has 0 amide bonds. The van der Waals surface area contributed by atoms with Gasteiger partial charge in [0, 0.05) is 0 Å². The van der Waals surface area contributed by atoms with Gasteiger partial charge < -0.3 is 14.8 Å². The Labute approximate surface area is 130 Å². The molecule has 0 atom stereocenters. The molecule has 0 aliphatic heterocycles. The van der Waals surface area contributed by atoms with E-state index in [0.717, 1.165) is 23.0 Å². The number of hydrogen-bond donors (Lipinski definition) is 2. The molecule has 2 heterocycles. The maximum atomic E-state index is 12.8. The number of ether oxygens (including phenoxy) is 1. The highest BCUT2D eigenvalue weighted by Crippen LogP contribution is 2.34. The van der Waals surface area contributed by atoms with Gasteiger partial charge in [-0.3, -0.25) is 0 Å². The molecular weight excluding hydrogens is 341 g/mol. The third kappa shape index (κ3) is 2.93. The first kappa shape index (κ1) is 15.2. The molecule has 23 heavy (non-hydrogen) atoms. The molecule has 0 aliphatic carbocycles. The van der Waals surface area contributed by atoms with E-state index in [4.69, 9.17) is 16.7 Å². The Hall–Kier alpha value is -2.75. The molecule has 0 unspecified atom stereocenters. The van der Waals surface area contributed by atoms with Gasteiger partial charge in [-0.15, -0.1) is 0 Å². The maximum Gasteiger partial charge on any atom is 0.511 e. The summed E-state index contributed by atoms with van der Waals surface area (Å²) in [6.07, 6.45) is -3.75. The van der Waals surface area contributed by atoms with Crippen molar-refractivity contribution in [2.24, 2.45) is 0 Å². The molecule has 7 nitrogen and oxygen atoms in total. The van der Waals surface area contributed by atoms with Gasteiger partial charge in [0.05, 0.1) is 28.5 Å². The summed E-state index contributed by atoms with van der Waals surface area (Å²) < 4.78 is 43.8. The molecule has 11 heteroatoms. The average molecular weight is 347 g/mol. The van der Waals surface area contributed by atoms with Crippen molar-refractivity contribution in [2.75, 3.05) is 0 Å². The summed E-state index contributed by atoms with van der Waals surface area (Å²) in [5.74, 6) is -0.0125. The summed E-state index contributed by atoms with van der Waals surface area (Å²) in [5.41, 5.74) is -0.720. The van der Waals surface area contributed by atoms with Crippen LogP contribution in [0.25, 0.3) is 17.0 Å².